The summed E-state index contributed by atoms with van der Waals surface area (Å²) in [6, 6.07) is 2.99. The minimum Gasteiger partial charge on any atom is -0.207 e. The summed E-state index contributed by atoms with van der Waals surface area (Å²) < 4.78 is 27.6. The van der Waals surface area contributed by atoms with Crippen molar-refractivity contribution >= 4 is 44.8 Å². The van der Waals surface area contributed by atoms with E-state index in [9.17, 15) is 8.42 Å². The molecule has 2 rings (SSSR count). The summed E-state index contributed by atoms with van der Waals surface area (Å²) in [4.78, 5) is 0.0551. The van der Waals surface area contributed by atoms with Crippen molar-refractivity contribution in [1.29, 1.82) is 0 Å². The molecule has 1 aromatic carbocycles. The summed E-state index contributed by atoms with van der Waals surface area (Å²) in [5.74, 6) is 0.120. The maximum absolute atomic E-state index is 13.0. The van der Waals surface area contributed by atoms with Gasteiger partial charge in [-0.05, 0) is 43.9 Å². The monoisotopic (exact) mass is 369 g/mol. The van der Waals surface area contributed by atoms with Gasteiger partial charge in [-0.25, -0.2) is 8.42 Å². The van der Waals surface area contributed by atoms with Gasteiger partial charge in [0.2, 0.25) is 10.0 Å². The Labute approximate surface area is 141 Å². The molecule has 7 heteroatoms. The second kappa shape index (κ2) is 6.63. The highest BCUT2D eigenvalue weighted by Crippen LogP contribution is 2.37. The van der Waals surface area contributed by atoms with Gasteiger partial charge in [0, 0.05) is 23.0 Å². The topological polar surface area (TPSA) is 37.4 Å². The van der Waals surface area contributed by atoms with E-state index in [1.54, 1.807) is 10.4 Å². The van der Waals surface area contributed by atoms with E-state index in [-0.39, 0.29) is 27.9 Å². The van der Waals surface area contributed by atoms with Crippen LogP contribution in [0.15, 0.2) is 17.0 Å². The molecule has 2 unspecified atom stereocenters. The smallest absolute Gasteiger partial charge is 0.207 e. The number of nitrogens with zero attached hydrogens (tertiary/aromatic N) is 1. The molecule has 1 aromatic rings. The Morgan fingerprint density at radius 3 is 2.52 bits per heavy atom. The third-order valence-electron chi connectivity index (χ3n) is 3.96. The summed E-state index contributed by atoms with van der Waals surface area (Å²) in [6.07, 6.45) is 2.51. The van der Waals surface area contributed by atoms with Crippen molar-refractivity contribution in [2.24, 2.45) is 0 Å². The second-order valence-electron chi connectivity index (χ2n) is 5.33. The Bertz CT molecular complexity index is 633. The van der Waals surface area contributed by atoms with Crippen molar-refractivity contribution in [2.75, 3.05) is 0 Å². The summed E-state index contributed by atoms with van der Waals surface area (Å²) in [5.41, 5.74) is 0.532. The van der Waals surface area contributed by atoms with Gasteiger partial charge < -0.3 is 0 Å². The fourth-order valence-corrected chi connectivity index (χ4v) is 6.02. The van der Waals surface area contributed by atoms with Crippen LogP contribution in [0.2, 0.25) is 10.0 Å². The minimum absolute atomic E-state index is 0.0134. The lowest BCUT2D eigenvalue weighted by Crippen LogP contribution is -2.39. The zero-order valence-corrected chi connectivity index (χ0v) is 15.0. The molecule has 1 fully saturated rings. The Morgan fingerprint density at radius 1 is 1.29 bits per heavy atom. The normalized spacial score (nSPS) is 23.7. The van der Waals surface area contributed by atoms with Crippen molar-refractivity contribution in [1.82, 2.24) is 4.31 Å². The molecule has 0 bridgehead atoms. The minimum atomic E-state index is -3.68. The molecular weight excluding hydrogens is 353 g/mol. The molecule has 3 nitrogen and oxygen atoms in total. The van der Waals surface area contributed by atoms with Gasteiger partial charge in [0.25, 0.3) is 0 Å². The van der Waals surface area contributed by atoms with Crippen LogP contribution in [0.25, 0.3) is 0 Å². The lowest BCUT2D eigenvalue weighted by Gasteiger charge is -2.27. The predicted octanol–water partition coefficient (Wildman–Crippen LogP) is 4.68. The van der Waals surface area contributed by atoms with Gasteiger partial charge in [0.05, 0.1) is 5.02 Å². The van der Waals surface area contributed by atoms with Crippen molar-refractivity contribution in [3.8, 4) is 0 Å². The summed E-state index contributed by atoms with van der Waals surface area (Å²) >= 11 is 18.1. The van der Waals surface area contributed by atoms with Gasteiger partial charge in [0.1, 0.15) is 4.90 Å². The molecule has 118 valence electrons. The molecular formula is C14H18Cl3NO2S. The number of benzene rings is 1. The van der Waals surface area contributed by atoms with Crippen LogP contribution >= 0.6 is 34.8 Å². The van der Waals surface area contributed by atoms with E-state index in [4.69, 9.17) is 34.8 Å². The highest BCUT2D eigenvalue weighted by molar-refractivity contribution is 7.89. The van der Waals surface area contributed by atoms with Crippen LogP contribution in [-0.2, 0) is 15.9 Å². The zero-order valence-electron chi connectivity index (χ0n) is 11.9. The van der Waals surface area contributed by atoms with Gasteiger partial charge in [-0.1, -0.05) is 30.1 Å². The first-order valence-electron chi connectivity index (χ1n) is 6.90. The molecule has 0 amide bonds. The molecule has 0 aliphatic carbocycles. The van der Waals surface area contributed by atoms with Crippen LogP contribution in [0.4, 0.5) is 0 Å². The molecule has 0 spiro atoms. The lowest BCUT2D eigenvalue weighted by molar-refractivity contribution is 0.328. The molecule has 1 heterocycles. The third-order valence-corrected chi connectivity index (χ3v) is 7.12. The number of hydrogen-bond donors (Lipinski definition) is 0. The Hall–Kier alpha value is -0.000000000000000111. The first kappa shape index (κ1) is 17.4. The Morgan fingerprint density at radius 2 is 1.95 bits per heavy atom. The van der Waals surface area contributed by atoms with E-state index >= 15 is 0 Å². The molecule has 0 N–H and O–H groups in total. The van der Waals surface area contributed by atoms with Crippen LogP contribution in [0.3, 0.4) is 0 Å². The van der Waals surface area contributed by atoms with Crippen molar-refractivity contribution in [3.05, 3.63) is 27.7 Å². The first-order chi connectivity index (χ1) is 9.82. The second-order valence-corrected chi connectivity index (χ2v) is 8.23. The average Bonchev–Trinajstić information content (AvgIpc) is 2.82. The Balaban J connectivity index is 2.56. The van der Waals surface area contributed by atoms with Crippen molar-refractivity contribution < 1.29 is 8.42 Å². The number of halogens is 3. The lowest BCUT2D eigenvalue weighted by atomic mass is 10.2. The first-order valence-corrected chi connectivity index (χ1v) is 9.63. The van der Waals surface area contributed by atoms with Crippen LogP contribution in [-0.4, -0.2) is 24.8 Å². The van der Waals surface area contributed by atoms with Crippen LogP contribution in [0.1, 0.15) is 38.7 Å². The molecule has 0 radical (unpaired) electrons. The summed E-state index contributed by atoms with van der Waals surface area (Å²) in [7, 11) is -3.68. The van der Waals surface area contributed by atoms with E-state index in [1.807, 2.05) is 13.8 Å². The van der Waals surface area contributed by atoms with Gasteiger partial charge in [-0.3, -0.25) is 0 Å². The van der Waals surface area contributed by atoms with E-state index in [1.165, 1.54) is 6.07 Å². The largest absolute Gasteiger partial charge is 0.245 e. The standard InChI is InChI=1S/C14H18Cl3NO2S/c1-3-12-5-4-9(2)18(12)21(19,20)13-7-11(16)6-10(8-15)14(13)17/h6-7,9,12H,3-5,8H2,1-2H3. The van der Waals surface area contributed by atoms with Gasteiger partial charge >= 0.3 is 0 Å². The fraction of sp³-hybridized carbons (Fsp3) is 0.571. The van der Waals surface area contributed by atoms with Gasteiger partial charge in [-0.15, -0.1) is 11.6 Å². The maximum atomic E-state index is 13.0. The van der Waals surface area contributed by atoms with Gasteiger partial charge in [0.15, 0.2) is 0 Å². The highest BCUT2D eigenvalue weighted by Gasteiger charge is 2.40. The maximum Gasteiger partial charge on any atom is 0.245 e. The zero-order chi connectivity index (χ0) is 15.8. The number of alkyl halides is 1. The number of hydrogen-bond acceptors (Lipinski definition) is 2. The van der Waals surface area contributed by atoms with E-state index in [0.29, 0.717) is 10.6 Å². The molecule has 1 saturated heterocycles. The SMILES string of the molecule is CCC1CCC(C)N1S(=O)(=O)c1cc(Cl)cc(CCl)c1Cl. The highest BCUT2D eigenvalue weighted by atomic mass is 35.5. The van der Waals surface area contributed by atoms with E-state index in [2.05, 4.69) is 0 Å². The fourth-order valence-electron chi connectivity index (χ4n) is 2.88. The summed E-state index contributed by atoms with van der Waals surface area (Å²) in [5, 5.41) is 0.497. The number of sulfonamides is 1. The molecule has 1 aliphatic heterocycles. The molecule has 21 heavy (non-hydrogen) atoms. The Kier molecular flexibility index (Phi) is 5.48. The quantitative estimate of drug-likeness (QED) is 0.721. The van der Waals surface area contributed by atoms with Crippen molar-refractivity contribution in [3.63, 3.8) is 0 Å². The molecule has 2 atom stereocenters. The van der Waals surface area contributed by atoms with Crippen molar-refractivity contribution in [2.45, 2.75) is 56.0 Å². The number of rotatable bonds is 4. The van der Waals surface area contributed by atoms with Crippen LogP contribution < -0.4 is 0 Å². The molecule has 0 saturated carbocycles. The molecule has 0 aromatic heterocycles. The molecule has 1 aliphatic rings. The van der Waals surface area contributed by atoms with Gasteiger partial charge in [-0.2, -0.15) is 4.31 Å². The van der Waals surface area contributed by atoms with E-state index in [0.717, 1.165) is 19.3 Å². The predicted molar refractivity (Wildman–Crippen MR) is 87.8 cm³/mol. The van der Waals surface area contributed by atoms with Crippen LogP contribution in [0.5, 0.6) is 0 Å². The average molecular weight is 371 g/mol. The third kappa shape index (κ3) is 3.20. The van der Waals surface area contributed by atoms with Crippen LogP contribution in [0, 0.1) is 0 Å². The summed E-state index contributed by atoms with van der Waals surface area (Å²) in [6.45, 7) is 3.92. The van der Waals surface area contributed by atoms with E-state index < -0.39 is 10.0 Å².